The first-order valence-electron chi connectivity index (χ1n) is 6.65. The van der Waals surface area contributed by atoms with Gasteiger partial charge in [0.2, 0.25) is 0 Å². The Hall–Kier alpha value is -2.20. The summed E-state index contributed by atoms with van der Waals surface area (Å²) >= 11 is 5.88. The number of rotatable bonds is 7. The van der Waals surface area contributed by atoms with E-state index < -0.39 is 0 Å². The molecule has 0 aliphatic carbocycles. The largest absolute Gasteiger partial charge is 0.493 e. The van der Waals surface area contributed by atoms with Crippen molar-refractivity contribution >= 4 is 17.4 Å². The molecule has 110 valence electrons. The fourth-order valence-electron chi connectivity index (χ4n) is 1.65. The zero-order chi connectivity index (χ0) is 14.9. The number of para-hydroxylation sites is 1. The Morgan fingerprint density at radius 2 is 1.86 bits per heavy atom. The number of amidine groups is 1. The zero-order valence-electron chi connectivity index (χ0n) is 11.5. The van der Waals surface area contributed by atoms with Crippen LogP contribution in [0.25, 0.3) is 0 Å². The highest BCUT2D eigenvalue weighted by molar-refractivity contribution is 6.31. The standard InChI is InChI=1S/C16H17ClN2O2/c17-14-7-4-6-13(12-14)16(18)19-21-11-5-10-20-15-8-2-1-3-9-15/h1-4,6-9,12H,5,10-11H2,(H2,18,19). The van der Waals surface area contributed by atoms with Crippen molar-refractivity contribution in [3.63, 3.8) is 0 Å². The molecular weight excluding hydrogens is 288 g/mol. The molecule has 2 rings (SSSR count). The van der Waals surface area contributed by atoms with E-state index in [1.54, 1.807) is 12.1 Å². The number of nitrogens with zero attached hydrogens (tertiary/aromatic N) is 1. The van der Waals surface area contributed by atoms with Crippen LogP contribution >= 0.6 is 11.6 Å². The number of nitrogens with two attached hydrogens (primary N) is 1. The van der Waals surface area contributed by atoms with Gasteiger partial charge in [0.25, 0.3) is 0 Å². The lowest BCUT2D eigenvalue weighted by Gasteiger charge is -2.05. The molecule has 0 spiro atoms. The Labute approximate surface area is 129 Å². The van der Waals surface area contributed by atoms with E-state index >= 15 is 0 Å². The highest BCUT2D eigenvalue weighted by Gasteiger charge is 1.99. The molecule has 2 aromatic rings. The number of oxime groups is 1. The van der Waals surface area contributed by atoms with Crippen LogP contribution in [0.4, 0.5) is 0 Å². The van der Waals surface area contributed by atoms with Gasteiger partial charge in [0, 0.05) is 17.0 Å². The Morgan fingerprint density at radius 3 is 2.62 bits per heavy atom. The first-order chi connectivity index (χ1) is 10.3. The van der Waals surface area contributed by atoms with Gasteiger partial charge < -0.3 is 15.3 Å². The van der Waals surface area contributed by atoms with Gasteiger partial charge >= 0.3 is 0 Å². The van der Waals surface area contributed by atoms with Crippen molar-refractivity contribution < 1.29 is 9.57 Å². The predicted octanol–water partition coefficient (Wildman–Crippen LogP) is 3.45. The Balaban J connectivity index is 1.68. The molecule has 0 saturated carbocycles. The second kappa shape index (κ2) is 8.17. The molecule has 0 amide bonds. The van der Waals surface area contributed by atoms with E-state index in [1.165, 1.54) is 0 Å². The van der Waals surface area contributed by atoms with Crippen LogP contribution in [0.2, 0.25) is 5.02 Å². The number of benzene rings is 2. The van der Waals surface area contributed by atoms with Gasteiger partial charge in [0.1, 0.15) is 12.4 Å². The van der Waals surface area contributed by atoms with Gasteiger partial charge in [-0.1, -0.05) is 47.1 Å². The first kappa shape index (κ1) is 15.2. The highest BCUT2D eigenvalue weighted by atomic mass is 35.5. The van der Waals surface area contributed by atoms with Crippen molar-refractivity contribution in [2.75, 3.05) is 13.2 Å². The normalized spacial score (nSPS) is 11.2. The lowest BCUT2D eigenvalue weighted by Crippen LogP contribution is -2.14. The second-order valence-electron chi connectivity index (χ2n) is 4.34. The third kappa shape index (κ3) is 5.36. The second-order valence-corrected chi connectivity index (χ2v) is 4.77. The Kier molecular flexibility index (Phi) is 5.91. The van der Waals surface area contributed by atoms with Crippen LogP contribution in [0.1, 0.15) is 12.0 Å². The smallest absolute Gasteiger partial charge is 0.170 e. The average molecular weight is 305 g/mol. The molecule has 5 heteroatoms. The monoisotopic (exact) mass is 304 g/mol. The summed E-state index contributed by atoms with van der Waals surface area (Å²) in [6.45, 7) is 1.00. The number of hydrogen-bond acceptors (Lipinski definition) is 3. The fourth-order valence-corrected chi connectivity index (χ4v) is 1.84. The maximum absolute atomic E-state index is 5.88. The topological polar surface area (TPSA) is 56.8 Å². The summed E-state index contributed by atoms with van der Waals surface area (Å²) < 4.78 is 5.54. The molecule has 0 atom stereocenters. The lowest BCUT2D eigenvalue weighted by molar-refractivity contribution is 0.127. The van der Waals surface area contributed by atoms with E-state index in [0.717, 1.165) is 17.7 Å². The minimum atomic E-state index is 0.307. The predicted molar refractivity (Wildman–Crippen MR) is 84.7 cm³/mol. The third-order valence-corrected chi connectivity index (χ3v) is 2.91. The molecule has 0 bridgehead atoms. The quantitative estimate of drug-likeness (QED) is 0.369. The molecule has 0 fully saturated rings. The van der Waals surface area contributed by atoms with E-state index in [-0.39, 0.29) is 0 Å². The summed E-state index contributed by atoms with van der Waals surface area (Å²) in [4.78, 5) is 5.17. The molecule has 0 aliphatic heterocycles. The number of ether oxygens (including phenoxy) is 1. The van der Waals surface area contributed by atoms with Crippen LogP contribution in [0.5, 0.6) is 5.75 Å². The summed E-state index contributed by atoms with van der Waals surface area (Å²) in [5.74, 6) is 1.15. The third-order valence-electron chi connectivity index (χ3n) is 2.68. The molecule has 21 heavy (non-hydrogen) atoms. The fraction of sp³-hybridized carbons (Fsp3) is 0.188. The van der Waals surface area contributed by atoms with Crippen molar-refractivity contribution in [3.05, 3.63) is 65.2 Å². The van der Waals surface area contributed by atoms with Gasteiger partial charge in [-0.3, -0.25) is 0 Å². The molecular formula is C16H17ClN2O2. The number of hydrogen-bond donors (Lipinski definition) is 1. The van der Waals surface area contributed by atoms with Crippen LogP contribution < -0.4 is 10.5 Å². The zero-order valence-corrected chi connectivity index (χ0v) is 12.3. The van der Waals surface area contributed by atoms with Crippen molar-refractivity contribution in [1.29, 1.82) is 0 Å². The van der Waals surface area contributed by atoms with Crippen LogP contribution in [0.3, 0.4) is 0 Å². The molecule has 0 aliphatic rings. The maximum Gasteiger partial charge on any atom is 0.170 e. The van der Waals surface area contributed by atoms with Crippen molar-refractivity contribution in [1.82, 2.24) is 0 Å². The van der Waals surface area contributed by atoms with E-state index in [1.807, 2.05) is 42.5 Å². The minimum Gasteiger partial charge on any atom is -0.493 e. The average Bonchev–Trinajstić information content (AvgIpc) is 2.51. The van der Waals surface area contributed by atoms with E-state index in [9.17, 15) is 0 Å². The van der Waals surface area contributed by atoms with E-state index in [4.69, 9.17) is 26.9 Å². The molecule has 4 nitrogen and oxygen atoms in total. The minimum absolute atomic E-state index is 0.307. The summed E-state index contributed by atoms with van der Waals surface area (Å²) in [5.41, 5.74) is 6.54. The van der Waals surface area contributed by atoms with Crippen molar-refractivity contribution in [2.24, 2.45) is 10.9 Å². The van der Waals surface area contributed by atoms with Crippen molar-refractivity contribution in [3.8, 4) is 5.75 Å². The lowest BCUT2D eigenvalue weighted by atomic mass is 10.2. The molecule has 0 radical (unpaired) electrons. The molecule has 2 N–H and O–H groups in total. The SMILES string of the molecule is NC(=NOCCCOc1ccccc1)c1cccc(Cl)c1. The van der Waals surface area contributed by atoms with Gasteiger partial charge in [-0.25, -0.2) is 0 Å². The van der Waals surface area contributed by atoms with Gasteiger partial charge in [-0.2, -0.15) is 0 Å². The van der Waals surface area contributed by atoms with Crippen LogP contribution in [0.15, 0.2) is 59.8 Å². The summed E-state index contributed by atoms with van der Waals surface area (Å²) in [6.07, 6.45) is 0.723. The Bertz CT molecular complexity index is 588. The molecule has 0 unspecified atom stereocenters. The van der Waals surface area contributed by atoms with Crippen LogP contribution in [0, 0.1) is 0 Å². The summed E-state index contributed by atoms with van der Waals surface area (Å²) in [5, 5.41) is 4.47. The van der Waals surface area contributed by atoms with Gasteiger partial charge in [-0.15, -0.1) is 0 Å². The van der Waals surface area contributed by atoms with Gasteiger partial charge in [0.15, 0.2) is 5.84 Å². The van der Waals surface area contributed by atoms with E-state index in [0.29, 0.717) is 24.1 Å². The number of halogens is 1. The van der Waals surface area contributed by atoms with Crippen molar-refractivity contribution in [2.45, 2.75) is 6.42 Å². The van der Waals surface area contributed by atoms with Gasteiger partial charge in [0.05, 0.1) is 6.61 Å². The van der Waals surface area contributed by atoms with Crippen LogP contribution in [-0.4, -0.2) is 19.0 Å². The van der Waals surface area contributed by atoms with Gasteiger partial charge in [-0.05, 0) is 24.3 Å². The molecule has 0 saturated heterocycles. The van der Waals surface area contributed by atoms with E-state index in [2.05, 4.69) is 5.16 Å². The summed E-state index contributed by atoms with van der Waals surface area (Å²) in [7, 11) is 0. The maximum atomic E-state index is 5.88. The Morgan fingerprint density at radius 1 is 1.05 bits per heavy atom. The highest BCUT2D eigenvalue weighted by Crippen LogP contribution is 2.10. The summed E-state index contributed by atoms with van der Waals surface area (Å²) in [6, 6.07) is 16.8. The molecule has 0 heterocycles. The van der Waals surface area contributed by atoms with Crippen LogP contribution in [-0.2, 0) is 4.84 Å². The first-order valence-corrected chi connectivity index (χ1v) is 7.03. The molecule has 0 aromatic heterocycles. The molecule has 2 aromatic carbocycles.